The van der Waals surface area contributed by atoms with Gasteiger partial charge in [-0.3, -0.25) is 0 Å². The Morgan fingerprint density at radius 1 is 1.38 bits per heavy atom. The van der Waals surface area contributed by atoms with Crippen molar-refractivity contribution in [1.29, 1.82) is 0 Å². The number of nitrogens with zero attached hydrogens (tertiary/aromatic N) is 3. The zero-order chi connectivity index (χ0) is 14.7. The van der Waals surface area contributed by atoms with Gasteiger partial charge in [-0.15, -0.1) is 0 Å². The fraction of sp³-hybridized carbons (Fsp3) is 0.643. The Kier molecular flexibility index (Phi) is 4.19. The average Bonchev–Trinajstić information content (AvgIpc) is 2.97. The first-order valence-electron chi connectivity index (χ1n) is 7.57. The van der Waals surface area contributed by atoms with E-state index in [2.05, 4.69) is 37.5 Å². The van der Waals surface area contributed by atoms with E-state index >= 15 is 0 Å². The minimum atomic E-state index is 0.338. The maximum absolute atomic E-state index is 5.43. The van der Waals surface area contributed by atoms with Crippen LogP contribution in [0.15, 0.2) is 6.33 Å². The summed E-state index contributed by atoms with van der Waals surface area (Å²) in [7, 11) is 0. The molecule has 0 bridgehead atoms. The number of imidazole rings is 1. The number of aromatic nitrogens is 4. The number of fused-ring (bicyclic) bond motifs is 1. The summed E-state index contributed by atoms with van der Waals surface area (Å²) in [4.78, 5) is 16.3. The molecule has 2 aromatic rings. The van der Waals surface area contributed by atoms with Crippen molar-refractivity contribution >= 4 is 22.9 Å². The van der Waals surface area contributed by atoms with Gasteiger partial charge >= 0.3 is 0 Å². The molecule has 0 spiro atoms. The topological polar surface area (TPSA) is 87.8 Å². The molecule has 7 heteroatoms. The highest BCUT2D eigenvalue weighted by molar-refractivity contribution is 5.83. The van der Waals surface area contributed by atoms with Crippen molar-refractivity contribution < 1.29 is 4.74 Å². The number of H-pyrrole nitrogens is 1. The molecule has 2 aromatic heterocycles. The van der Waals surface area contributed by atoms with E-state index in [9.17, 15) is 0 Å². The van der Waals surface area contributed by atoms with Gasteiger partial charge in [-0.1, -0.05) is 0 Å². The molecule has 0 saturated carbocycles. The summed E-state index contributed by atoms with van der Waals surface area (Å²) in [5.41, 5.74) is 1.54. The Hall–Kier alpha value is -1.89. The molecule has 1 atom stereocenters. The van der Waals surface area contributed by atoms with E-state index in [-0.39, 0.29) is 0 Å². The molecule has 114 valence electrons. The summed E-state index contributed by atoms with van der Waals surface area (Å²) < 4.78 is 5.43. The maximum Gasteiger partial charge on any atom is 0.226 e. The van der Waals surface area contributed by atoms with E-state index in [0.717, 1.165) is 43.9 Å². The Bertz CT molecular complexity index is 592. The van der Waals surface area contributed by atoms with Gasteiger partial charge in [0.1, 0.15) is 5.52 Å². The molecule has 0 amide bonds. The monoisotopic (exact) mass is 290 g/mol. The summed E-state index contributed by atoms with van der Waals surface area (Å²) in [5, 5.41) is 6.67. The number of aromatic amines is 1. The second-order valence-electron chi connectivity index (χ2n) is 5.41. The Morgan fingerprint density at radius 3 is 2.95 bits per heavy atom. The summed E-state index contributed by atoms with van der Waals surface area (Å²) >= 11 is 0. The molecule has 1 unspecified atom stereocenters. The molecule has 21 heavy (non-hydrogen) atoms. The van der Waals surface area contributed by atoms with Gasteiger partial charge in [0.05, 0.1) is 6.33 Å². The normalized spacial score (nSPS) is 17.8. The fourth-order valence-corrected chi connectivity index (χ4v) is 2.72. The highest BCUT2D eigenvalue weighted by atomic mass is 16.5. The van der Waals surface area contributed by atoms with E-state index in [1.54, 1.807) is 6.33 Å². The molecule has 1 saturated heterocycles. The maximum atomic E-state index is 5.43. The molecule has 0 aliphatic carbocycles. The summed E-state index contributed by atoms with van der Waals surface area (Å²) in [6, 6.07) is 0.338. The minimum Gasteiger partial charge on any atom is -0.381 e. The van der Waals surface area contributed by atoms with Crippen molar-refractivity contribution in [3.05, 3.63) is 6.33 Å². The molecule has 7 nitrogen and oxygen atoms in total. The molecule has 1 aliphatic rings. The lowest BCUT2D eigenvalue weighted by Gasteiger charge is -2.28. The quantitative estimate of drug-likeness (QED) is 0.781. The van der Waals surface area contributed by atoms with Crippen LogP contribution in [-0.4, -0.2) is 45.7 Å². The second kappa shape index (κ2) is 6.26. The third-order valence-corrected chi connectivity index (χ3v) is 3.96. The minimum absolute atomic E-state index is 0.338. The SMILES string of the molecule is CCNc1nc(NC(C)C2CCOCC2)c2[nH]cnc2n1. The molecule has 3 rings (SSSR count). The fourth-order valence-electron chi connectivity index (χ4n) is 2.72. The van der Waals surface area contributed by atoms with Gasteiger partial charge in [-0.25, -0.2) is 4.98 Å². The Balaban J connectivity index is 1.82. The molecule has 3 heterocycles. The predicted octanol–water partition coefficient (Wildman–Crippen LogP) is 2.01. The zero-order valence-corrected chi connectivity index (χ0v) is 12.5. The van der Waals surface area contributed by atoms with E-state index in [1.165, 1.54) is 0 Å². The van der Waals surface area contributed by atoms with Crippen LogP contribution >= 0.6 is 0 Å². The van der Waals surface area contributed by atoms with Crippen LogP contribution in [0.4, 0.5) is 11.8 Å². The van der Waals surface area contributed by atoms with Crippen molar-refractivity contribution in [2.45, 2.75) is 32.7 Å². The van der Waals surface area contributed by atoms with Crippen molar-refractivity contribution in [3.63, 3.8) is 0 Å². The van der Waals surface area contributed by atoms with Gasteiger partial charge in [0, 0.05) is 25.8 Å². The molecule has 0 aromatic carbocycles. The standard InChI is InChI=1S/C14H22N6O/c1-3-15-14-19-12-11(16-8-17-12)13(20-14)18-9(2)10-4-6-21-7-5-10/h8-10H,3-7H2,1-2H3,(H3,15,16,17,18,19,20). The van der Waals surface area contributed by atoms with Crippen molar-refractivity contribution in [2.75, 3.05) is 30.4 Å². The van der Waals surface area contributed by atoms with Crippen LogP contribution in [-0.2, 0) is 4.74 Å². The van der Waals surface area contributed by atoms with Crippen LogP contribution in [0.5, 0.6) is 0 Å². The van der Waals surface area contributed by atoms with Gasteiger partial charge < -0.3 is 20.4 Å². The highest BCUT2D eigenvalue weighted by Crippen LogP contribution is 2.24. The Morgan fingerprint density at radius 2 is 2.19 bits per heavy atom. The van der Waals surface area contributed by atoms with Crippen molar-refractivity contribution in [1.82, 2.24) is 19.9 Å². The lowest BCUT2D eigenvalue weighted by molar-refractivity contribution is 0.0622. The van der Waals surface area contributed by atoms with E-state index < -0.39 is 0 Å². The molecular formula is C14H22N6O. The summed E-state index contributed by atoms with van der Waals surface area (Å²) in [6.45, 7) is 6.71. The molecule has 0 radical (unpaired) electrons. The van der Waals surface area contributed by atoms with Crippen LogP contribution in [0.3, 0.4) is 0 Å². The first kappa shape index (κ1) is 14.1. The van der Waals surface area contributed by atoms with E-state index in [4.69, 9.17) is 4.74 Å². The predicted molar refractivity (Wildman–Crippen MR) is 82.5 cm³/mol. The third-order valence-electron chi connectivity index (χ3n) is 3.96. The molecule has 1 aliphatic heterocycles. The van der Waals surface area contributed by atoms with Gasteiger partial charge in [0.2, 0.25) is 5.95 Å². The van der Waals surface area contributed by atoms with E-state index in [1.807, 2.05) is 6.92 Å². The van der Waals surface area contributed by atoms with Gasteiger partial charge in [0.25, 0.3) is 0 Å². The molecular weight excluding hydrogens is 268 g/mol. The van der Waals surface area contributed by atoms with Crippen LogP contribution in [0.2, 0.25) is 0 Å². The number of hydrogen-bond acceptors (Lipinski definition) is 6. The Labute approximate surface area is 123 Å². The number of nitrogens with one attached hydrogen (secondary N) is 3. The molecule has 3 N–H and O–H groups in total. The number of ether oxygens (including phenoxy) is 1. The van der Waals surface area contributed by atoms with Gasteiger partial charge in [0.15, 0.2) is 11.5 Å². The summed E-state index contributed by atoms with van der Waals surface area (Å²) in [5.74, 6) is 2.03. The smallest absolute Gasteiger partial charge is 0.226 e. The van der Waals surface area contributed by atoms with Crippen LogP contribution in [0.25, 0.3) is 11.2 Å². The van der Waals surface area contributed by atoms with Crippen molar-refractivity contribution in [2.24, 2.45) is 5.92 Å². The average molecular weight is 290 g/mol. The summed E-state index contributed by atoms with van der Waals surface area (Å²) in [6.07, 6.45) is 3.83. The second-order valence-corrected chi connectivity index (χ2v) is 5.41. The van der Waals surface area contributed by atoms with Crippen molar-refractivity contribution in [3.8, 4) is 0 Å². The van der Waals surface area contributed by atoms with Gasteiger partial charge in [-0.2, -0.15) is 9.97 Å². The zero-order valence-electron chi connectivity index (χ0n) is 12.5. The number of rotatable bonds is 5. The first-order valence-corrected chi connectivity index (χ1v) is 7.57. The molecule has 1 fully saturated rings. The van der Waals surface area contributed by atoms with Crippen LogP contribution < -0.4 is 10.6 Å². The van der Waals surface area contributed by atoms with Gasteiger partial charge in [-0.05, 0) is 32.6 Å². The third kappa shape index (κ3) is 3.07. The largest absolute Gasteiger partial charge is 0.381 e. The lowest BCUT2D eigenvalue weighted by atomic mass is 9.93. The number of hydrogen-bond donors (Lipinski definition) is 3. The van der Waals surface area contributed by atoms with Crippen LogP contribution in [0, 0.1) is 5.92 Å². The lowest BCUT2D eigenvalue weighted by Crippen LogP contribution is -2.31. The van der Waals surface area contributed by atoms with Crippen LogP contribution in [0.1, 0.15) is 26.7 Å². The highest BCUT2D eigenvalue weighted by Gasteiger charge is 2.22. The first-order chi connectivity index (χ1) is 10.3. The number of anilines is 2. The van der Waals surface area contributed by atoms with E-state index in [0.29, 0.717) is 23.6 Å².